The minimum absolute atomic E-state index is 0.392. The van der Waals surface area contributed by atoms with Crippen LogP contribution in [-0.4, -0.2) is 9.97 Å². The highest BCUT2D eigenvalue weighted by atomic mass is 14.9. The van der Waals surface area contributed by atoms with Crippen molar-refractivity contribution in [2.75, 3.05) is 0 Å². The van der Waals surface area contributed by atoms with E-state index >= 15 is 0 Å². The molecule has 0 aromatic carbocycles. The predicted molar refractivity (Wildman–Crippen MR) is 49.0 cm³/mol. The number of allylic oxidation sites excluding steroid dienone is 1. The molecule has 0 radical (unpaired) electrons. The summed E-state index contributed by atoms with van der Waals surface area (Å²) in [6, 6.07) is 0. The zero-order chi connectivity index (χ0) is 8.47. The van der Waals surface area contributed by atoms with E-state index in [1.54, 1.807) is 11.8 Å². The van der Waals surface area contributed by atoms with Gasteiger partial charge in [-0.25, -0.2) is 0 Å². The molecule has 1 spiro atoms. The zero-order valence-corrected chi connectivity index (χ0v) is 7.33. The Morgan fingerprint density at radius 3 is 3.15 bits per heavy atom. The number of rotatable bonds is 0. The molecule has 0 amide bonds. The molecule has 4 rings (SSSR count). The Labute approximate surface area is 76.7 Å². The van der Waals surface area contributed by atoms with Gasteiger partial charge in [-0.1, -0.05) is 5.57 Å². The van der Waals surface area contributed by atoms with Crippen molar-refractivity contribution in [2.24, 2.45) is 5.92 Å². The molecule has 2 atom stereocenters. The first-order valence-corrected chi connectivity index (χ1v) is 4.94. The Hall–Kier alpha value is -1.18. The van der Waals surface area contributed by atoms with Gasteiger partial charge in [0, 0.05) is 17.8 Å². The van der Waals surface area contributed by atoms with Crippen LogP contribution in [0.15, 0.2) is 18.0 Å². The SMILES string of the molecule is C1=C2CCC3CC23c2nccnc21. The monoisotopic (exact) mass is 170 g/mol. The fourth-order valence-corrected chi connectivity index (χ4v) is 3.23. The zero-order valence-electron chi connectivity index (χ0n) is 7.33. The van der Waals surface area contributed by atoms with Gasteiger partial charge >= 0.3 is 0 Å². The van der Waals surface area contributed by atoms with E-state index in [-0.39, 0.29) is 0 Å². The molecule has 1 heterocycles. The van der Waals surface area contributed by atoms with Crippen molar-refractivity contribution in [1.29, 1.82) is 0 Å². The van der Waals surface area contributed by atoms with Crippen molar-refractivity contribution in [2.45, 2.75) is 24.7 Å². The Morgan fingerprint density at radius 1 is 1.31 bits per heavy atom. The summed E-state index contributed by atoms with van der Waals surface area (Å²) in [6.07, 6.45) is 9.90. The summed E-state index contributed by atoms with van der Waals surface area (Å²) in [5, 5.41) is 0. The summed E-state index contributed by atoms with van der Waals surface area (Å²) in [7, 11) is 0. The molecule has 2 fully saturated rings. The quantitative estimate of drug-likeness (QED) is 0.594. The van der Waals surface area contributed by atoms with E-state index in [9.17, 15) is 0 Å². The molecule has 1 aromatic heterocycles. The van der Waals surface area contributed by atoms with Gasteiger partial charge in [-0.3, -0.25) is 9.97 Å². The number of fused-ring (bicyclic) bond motifs is 1. The lowest BCUT2D eigenvalue weighted by atomic mass is 9.99. The summed E-state index contributed by atoms with van der Waals surface area (Å²) in [6.45, 7) is 0. The van der Waals surface area contributed by atoms with Crippen LogP contribution in [0.1, 0.15) is 30.7 Å². The first kappa shape index (κ1) is 6.30. The van der Waals surface area contributed by atoms with Crippen molar-refractivity contribution in [1.82, 2.24) is 9.97 Å². The molecule has 2 saturated carbocycles. The average Bonchev–Trinajstić information content (AvgIpc) is 2.63. The van der Waals surface area contributed by atoms with E-state index in [0.29, 0.717) is 5.41 Å². The molecule has 3 aliphatic rings. The molecule has 64 valence electrons. The molecule has 1 aromatic rings. The maximum absolute atomic E-state index is 4.50. The van der Waals surface area contributed by atoms with Crippen LogP contribution >= 0.6 is 0 Å². The van der Waals surface area contributed by atoms with E-state index < -0.39 is 0 Å². The van der Waals surface area contributed by atoms with Gasteiger partial charge < -0.3 is 0 Å². The summed E-state index contributed by atoms with van der Waals surface area (Å²) in [5.41, 5.74) is 4.41. The highest BCUT2D eigenvalue weighted by Gasteiger charge is 2.64. The third-order valence-corrected chi connectivity index (χ3v) is 3.90. The van der Waals surface area contributed by atoms with Gasteiger partial charge in [0.15, 0.2) is 0 Å². The average molecular weight is 170 g/mol. The second kappa shape index (κ2) is 1.69. The van der Waals surface area contributed by atoms with Crippen LogP contribution in [0.25, 0.3) is 6.08 Å². The molecule has 0 bridgehead atoms. The minimum atomic E-state index is 0.392. The largest absolute Gasteiger partial charge is 0.256 e. The number of aromatic nitrogens is 2. The summed E-state index contributed by atoms with van der Waals surface area (Å²) in [4.78, 5) is 8.88. The summed E-state index contributed by atoms with van der Waals surface area (Å²) >= 11 is 0. The fourth-order valence-electron chi connectivity index (χ4n) is 3.23. The lowest BCUT2D eigenvalue weighted by molar-refractivity contribution is 0.744. The second-order valence-electron chi connectivity index (χ2n) is 4.37. The molecule has 0 saturated heterocycles. The standard InChI is InChI=1S/C11H10N2/c1-2-8-6-11(8)7(1)5-9-10(11)13-4-3-12-9/h3-5,8H,1-2,6H2. The maximum Gasteiger partial charge on any atom is 0.0854 e. The number of hydrogen-bond donors (Lipinski definition) is 0. The number of nitrogens with zero attached hydrogens (tertiary/aromatic N) is 2. The predicted octanol–water partition coefficient (Wildman–Crippen LogP) is 1.93. The Kier molecular flexibility index (Phi) is 0.821. The highest BCUT2D eigenvalue weighted by Crippen LogP contribution is 2.69. The summed E-state index contributed by atoms with van der Waals surface area (Å²) < 4.78 is 0. The van der Waals surface area contributed by atoms with E-state index in [2.05, 4.69) is 16.0 Å². The molecule has 2 heteroatoms. The van der Waals surface area contributed by atoms with E-state index in [1.807, 2.05) is 6.20 Å². The van der Waals surface area contributed by atoms with Crippen molar-refractivity contribution in [3.8, 4) is 0 Å². The van der Waals surface area contributed by atoms with Gasteiger partial charge in [0.05, 0.1) is 11.4 Å². The van der Waals surface area contributed by atoms with Gasteiger partial charge in [0.1, 0.15) is 0 Å². The van der Waals surface area contributed by atoms with Crippen molar-refractivity contribution >= 4 is 6.08 Å². The smallest absolute Gasteiger partial charge is 0.0854 e. The van der Waals surface area contributed by atoms with Crippen LogP contribution in [-0.2, 0) is 5.41 Å². The molecule has 2 nitrogen and oxygen atoms in total. The van der Waals surface area contributed by atoms with Gasteiger partial charge in [-0.15, -0.1) is 0 Å². The molecule has 3 aliphatic carbocycles. The molecular formula is C11H10N2. The highest BCUT2D eigenvalue weighted by molar-refractivity contribution is 5.69. The summed E-state index contributed by atoms with van der Waals surface area (Å²) in [5.74, 6) is 0.900. The van der Waals surface area contributed by atoms with Crippen LogP contribution < -0.4 is 0 Å². The van der Waals surface area contributed by atoms with Crippen molar-refractivity contribution in [3.05, 3.63) is 29.4 Å². The number of hydrogen-bond acceptors (Lipinski definition) is 2. The third kappa shape index (κ3) is 0.531. The second-order valence-corrected chi connectivity index (χ2v) is 4.37. The first-order chi connectivity index (χ1) is 6.41. The van der Waals surface area contributed by atoms with Gasteiger partial charge in [-0.2, -0.15) is 0 Å². The van der Waals surface area contributed by atoms with Gasteiger partial charge in [-0.05, 0) is 31.3 Å². The van der Waals surface area contributed by atoms with Gasteiger partial charge in [0.2, 0.25) is 0 Å². The van der Waals surface area contributed by atoms with E-state index in [4.69, 9.17) is 0 Å². The lowest BCUT2D eigenvalue weighted by Crippen LogP contribution is -2.07. The molecule has 0 N–H and O–H groups in total. The van der Waals surface area contributed by atoms with Crippen LogP contribution in [0.2, 0.25) is 0 Å². The van der Waals surface area contributed by atoms with Crippen LogP contribution in [0.3, 0.4) is 0 Å². The third-order valence-electron chi connectivity index (χ3n) is 3.90. The fraction of sp³-hybridized carbons (Fsp3) is 0.455. The van der Waals surface area contributed by atoms with Crippen molar-refractivity contribution in [3.63, 3.8) is 0 Å². The topological polar surface area (TPSA) is 25.8 Å². The Morgan fingerprint density at radius 2 is 2.23 bits per heavy atom. The van der Waals surface area contributed by atoms with Crippen LogP contribution in [0, 0.1) is 5.92 Å². The van der Waals surface area contributed by atoms with Crippen molar-refractivity contribution < 1.29 is 0 Å². The Balaban J connectivity index is 2.05. The normalized spacial score (nSPS) is 37.8. The molecule has 13 heavy (non-hydrogen) atoms. The van der Waals surface area contributed by atoms with Crippen LogP contribution in [0.5, 0.6) is 0 Å². The molecular weight excluding hydrogens is 160 g/mol. The minimum Gasteiger partial charge on any atom is -0.256 e. The lowest BCUT2D eigenvalue weighted by Gasteiger charge is -2.07. The molecule has 0 aliphatic heterocycles. The maximum atomic E-state index is 4.50. The first-order valence-electron chi connectivity index (χ1n) is 4.94. The van der Waals surface area contributed by atoms with Crippen LogP contribution in [0.4, 0.5) is 0 Å². The molecule has 2 unspecified atom stereocenters. The van der Waals surface area contributed by atoms with E-state index in [1.165, 1.54) is 25.0 Å². The van der Waals surface area contributed by atoms with Gasteiger partial charge in [0.25, 0.3) is 0 Å². The Bertz CT molecular complexity index is 435. The van der Waals surface area contributed by atoms with E-state index in [0.717, 1.165) is 11.6 Å².